The summed E-state index contributed by atoms with van der Waals surface area (Å²) in [5.41, 5.74) is 3.79. The minimum Gasteiger partial charge on any atom is -0.378 e. The zero-order valence-corrected chi connectivity index (χ0v) is 14.2. The van der Waals surface area contributed by atoms with Gasteiger partial charge in [-0.1, -0.05) is 33.6 Å². The van der Waals surface area contributed by atoms with E-state index in [1.165, 1.54) is 29.5 Å². The Morgan fingerprint density at radius 3 is 2.58 bits per heavy atom. The predicted octanol–water partition coefficient (Wildman–Crippen LogP) is 5.60. The normalized spacial score (nSPS) is 24.1. The van der Waals surface area contributed by atoms with Gasteiger partial charge in [0.05, 0.1) is 6.10 Å². The molecule has 1 aromatic rings. The van der Waals surface area contributed by atoms with Crippen LogP contribution < -0.4 is 0 Å². The number of halogens is 2. The number of alkyl halides is 1. The Hall–Kier alpha value is -0.0500. The van der Waals surface area contributed by atoms with Gasteiger partial charge in [-0.2, -0.15) is 0 Å². The van der Waals surface area contributed by atoms with E-state index in [4.69, 9.17) is 16.3 Å². The van der Waals surface area contributed by atoms with Gasteiger partial charge in [0.2, 0.25) is 0 Å². The molecule has 2 rings (SSSR count). The number of rotatable bonds is 5. The average molecular weight is 346 g/mol. The van der Waals surface area contributed by atoms with Crippen LogP contribution in [0.4, 0.5) is 0 Å². The molecule has 0 bridgehead atoms. The van der Waals surface area contributed by atoms with E-state index in [1.54, 1.807) is 0 Å². The molecule has 1 fully saturated rings. The van der Waals surface area contributed by atoms with Gasteiger partial charge in [-0.3, -0.25) is 0 Å². The van der Waals surface area contributed by atoms with E-state index in [0.717, 1.165) is 24.0 Å². The van der Waals surface area contributed by atoms with Crippen LogP contribution >= 0.6 is 27.5 Å². The Kier molecular flexibility index (Phi) is 5.33. The standard InChI is InChI=1S/C16H22BrClO/c1-4-19-13-7-12(8-13)9-15(17)14-5-10(2)11(3)6-16(14)18/h5-6,12-13,15H,4,7-9H2,1-3H3. The van der Waals surface area contributed by atoms with E-state index >= 15 is 0 Å². The lowest BCUT2D eigenvalue weighted by molar-refractivity contribution is -0.0264. The van der Waals surface area contributed by atoms with E-state index in [-0.39, 0.29) is 0 Å². The molecule has 0 heterocycles. The number of ether oxygens (including phenoxy) is 1. The van der Waals surface area contributed by atoms with Crippen LogP contribution in [0, 0.1) is 19.8 Å². The SMILES string of the molecule is CCOC1CC(CC(Br)c2cc(C)c(C)cc2Cl)C1. The maximum atomic E-state index is 6.36. The van der Waals surface area contributed by atoms with Crippen molar-refractivity contribution >= 4 is 27.5 Å². The summed E-state index contributed by atoms with van der Waals surface area (Å²) in [6.07, 6.45) is 4.02. The Balaban J connectivity index is 1.94. The summed E-state index contributed by atoms with van der Waals surface area (Å²) in [4.78, 5) is 0.354. The third-order valence-electron chi connectivity index (χ3n) is 4.09. The monoisotopic (exact) mass is 344 g/mol. The molecule has 106 valence electrons. The van der Waals surface area contributed by atoms with E-state index in [0.29, 0.717) is 10.9 Å². The lowest BCUT2D eigenvalue weighted by Gasteiger charge is -2.36. The van der Waals surface area contributed by atoms with Crippen LogP contribution in [-0.4, -0.2) is 12.7 Å². The van der Waals surface area contributed by atoms with Gasteiger partial charge in [-0.15, -0.1) is 0 Å². The molecule has 1 saturated carbocycles. The van der Waals surface area contributed by atoms with Gasteiger partial charge >= 0.3 is 0 Å². The van der Waals surface area contributed by atoms with Crippen LogP contribution in [0.3, 0.4) is 0 Å². The fourth-order valence-electron chi connectivity index (χ4n) is 2.70. The second-order valence-electron chi connectivity index (χ2n) is 5.58. The molecule has 0 N–H and O–H groups in total. The van der Waals surface area contributed by atoms with Crippen molar-refractivity contribution in [2.75, 3.05) is 6.61 Å². The summed E-state index contributed by atoms with van der Waals surface area (Å²) >= 11 is 10.2. The predicted molar refractivity (Wildman–Crippen MR) is 85.3 cm³/mol. The summed E-state index contributed by atoms with van der Waals surface area (Å²) in [5, 5.41) is 0.880. The molecule has 0 radical (unpaired) electrons. The molecule has 0 amide bonds. The lowest BCUT2D eigenvalue weighted by atomic mass is 9.78. The smallest absolute Gasteiger partial charge is 0.0580 e. The molecule has 19 heavy (non-hydrogen) atoms. The fraction of sp³-hybridized carbons (Fsp3) is 0.625. The molecule has 1 nitrogen and oxygen atoms in total. The van der Waals surface area contributed by atoms with Crippen LogP contribution in [0.2, 0.25) is 5.02 Å². The Morgan fingerprint density at radius 1 is 1.32 bits per heavy atom. The zero-order valence-electron chi connectivity index (χ0n) is 11.9. The van der Waals surface area contributed by atoms with Crippen molar-refractivity contribution in [2.45, 2.75) is 51.0 Å². The number of benzene rings is 1. The third kappa shape index (κ3) is 3.74. The maximum absolute atomic E-state index is 6.36. The molecule has 0 saturated heterocycles. The molecular weight excluding hydrogens is 324 g/mol. The zero-order chi connectivity index (χ0) is 14.0. The van der Waals surface area contributed by atoms with Gasteiger partial charge in [0.1, 0.15) is 0 Å². The van der Waals surface area contributed by atoms with E-state index < -0.39 is 0 Å². The van der Waals surface area contributed by atoms with Gasteiger partial charge in [0, 0.05) is 16.5 Å². The molecule has 1 aliphatic carbocycles. The molecule has 1 aliphatic rings. The van der Waals surface area contributed by atoms with Crippen molar-refractivity contribution in [1.82, 2.24) is 0 Å². The van der Waals surface area contributed by atoms with Crippen LogP contribution in [0.25, 0.3) is 0 Å². The van der Waals surface area contributed by atoms with E-state index in [1.807, 2.05) is 0 Å². The molecule has 1 atom stereocenters. The first kappa shape index (κ1) is 15.3. The number of hydrogen-bond donors (Lipinski definition) is 0. The first-order chi connectivity index (χ1) is 9.01. The van der Waals surface area contributed by atoms with E-state index in [2.05, 4.69) is 48.8 Å². The molecule has 0 spiro atoms. The number of hydrogen-bond acceptors (Lipinski definition) is 1. The minimum absolute atomic E-state index is 0.354. The van der Waals surface area contributed by atoms with Gasteiger partial charge < -0.3 is 4.74 Å². The van der Waals surface area contributed by atoms with Crippen molar-refractivity contribution < 1.29 is 4.74 Å². The molecule has 3 heteroatoms. The summed E-state index contributed by atoms with van der Waals surface area (Å²) in [6.45, 7) is 7.14. The highest BCUT2D eigenvalue weighted by molar-refractivity contribution is 9.09. The minimum atomic E-state index is 0.354. The first-order valence-electron chi connectivity index (χ1n) is 7.03. The van der Waals surface area contributed by atoms with Crippen molar-refractivity contribution in [2.24, 2.45) is 5.92 Å². The van der Waals surface area contributed by atoms with Crippen molar-refractivity contribution in [1.29, 1.82) is 0 Å². The lowest BCUT2D eigenvalue weighted by Crippen LogP contribution is -2.31. The van der Waals surface area contributed by atoms with Gasteiger partial charge in [-0.05, 0) is 68.7 Å². The quantitative estimate of drug-likeness (QED) is 0.631. The van der Waals surface area contributed by atoms with Crippen molar-refractivity contribution in [3.05, 3.63) is 33.8 Å². The van der Waals surface area contributed by atoms with E-state index in [9.17, 15) is 0 Å². The molecule has 0 aromatic heterocycles. The molecule has 1 unspecified atom stereocenters. The molecule has 1 aromatic carbocycles. The second kappa shape index (κ2) is 6.60. The van der Waals surface area contributed by atoms with Crippen LogP contribution in [0.5, 0.6) is 0 Å². The largest absolute Gasteiger partial charge is 0.378 e. The van der Waals surface area contributed by atoms with Gasteiger partial charge in [0.25, 0.3) is 0 Å². The van der Waals surface area contributed by atoms with Gasteiger partial charge in [-0.25, -0.2) is 0 Å². The van der Waals surface area contributed by atoms with Crippen LogP contribution in [0.1, 0.15) is 47.7 Å². The maximum Gasteiger partial charge on any atom is 0.0580 e. The third-order valence-corrected chi connectivity index (χ3v) is 5.28. The molecular formula is C16H22BrClO. The Labute approximate surface area is 129 Å². The first-order valence-corrected chi connectivity index (χ1v) is 8.33. The van der Waals surface area contributed by atoms with Crippen LogP contribution in [0.15, 0.2) is 12.1 Å². The highest BCUT2D eigenvalue weighted by atomic mass is 79.9. The topological polar surface area (TPSA) is 9.23 Å². The summed E-state index contributed by atoms with van der Waals surface area (Å²) in [6, 6.07) is 4.29. The summed E-state index contributed by atoms with van der Waals surface area (Å²) in [5.74, 6) is 0.763. The Bertz CT molecular complexity index is 441. The van der Waals surface area contributed by atoms with Gasteiger partial charge in [0.15, 0.2) is 0 Å². The summed E-state index contributed by atoms with van der Waals surface area (Å²) < 4.78 is 5.61. The molecule has 0 aliphatic heterocycles. The fourth-order valence-corrected chi connectivity index (χ4v) is 4.09. The Morgan fingerprint density at radius 2 is 1.95 bits per heavy atom. The highest BCUT2D eigenvalue weighted by Gasteiger charge is 2.31. The summed E-state index contributed by atoms with van der Waals surface area (Å²) in [7, 11) is 0. The highest BCUT2D eigenvalue weighted by Crippen LogP contribution is 2.42. The van der Waals surface area contributed by atoms with Crippen LogP contribution in [-0.2, 0) is 4.74 Å². The second-order valence-corrected chi connectivity index (χ2v) is 7.09. The average Bonchev–Trinajstić information content (AvgIpc) is 2.31. The number of aryl methyl sites for hydroxylation is 2. The van der Waals surface area contributed by atoms with Crippen molar-refractivity contribution in [3.8, 4) is 0 Å². The van der Waals surface area contributed by atoms with Crippen molar-refractivity contribution in [3.63, 3.8) is 0 Å².